The van der Waals surface area contributed by atoms with E-state index in [1.54, 1.807) is 39.5 Å². The van der Waals surface area contributed by atoms with E-state index in [0.717, 1.165) is 11.1 Å². The van der Waals surface area contributed by atoms with Gasteiger partial charge in [-0.3, -0.25) is 4.79 Å². The van der Waals surface area contributed by atoms with Crippen LogP contribution in [0.5, 0.6) is 17.2 Å². The fourth-order valence-corrected chi connectivity index (χ4v) is 2.67. The lowest BCUT2D eigenvalue weighted by molar-refractivity contribution is -0.132. The topological polar surface area (TPSA) is 86.9 Å². The van der Waals surface area contributed by atoms with Crippen molar-refractivity contribution in [1.82, 2.24) is 15.0 Å². The Bertz CT molecular complexity index is 986. The van der Waals surface area contributed by atoms with Crippen molar-refractivity contribution in [2.45, 2.75) is 13.5 Å². The largest absolute Gasteiger partial charge is 0.493 e. The van der Waals surface area contributed by atoms with E-state index in [-0.39, 0.29) is 19.1 Å². The number of carbonyl (C=O) groups is 1. The third kappa shape index (κ3) is 4.84. The van der Waals surface area contributed by atoms with Gasteiger partial charge in [-0.15, -0.1) is 0 Å². The second kappa shape index (κ2) is 9.09. The van der Waals surface area contributed by atoms with E-state index < -0.39 is 0 Å². The molecule has 0 radical (unpaired) electrons. The summed E-state index contributed by atoms with van der Waals surface area (Å²) in [6.45, 7) is 2.03. The smallest absolute Gasteiger partial charge is 0.260 e. The quantitative estimate of drug-likeness (QED) is 0.577. The third-order valence-electron chi connectivity index (χ3n) is 4.35. The van der Waals surface area contributed by atoms with Gasteiger partial charge in [0, 0.05) is 12.6 Å². The van der Waals surface area contributed by atoms with E-state index in [0.29, 0.717) is 29.0 Å². The third-order valence-corrected chi connectivity index (χ3v) is 4.35. The van der Waals surface area contributed by atoms with Crippen LogP contribution in [0.15, 0.2) is 47.0 Å². The molecule has 1 amide bonds. The van der Waals surface area contributed by atoms with Crippen molar-refractivity contribution < 1.29 is 23.5 Å². The first-order valence-corrected chi connectivity index (χ1v) is 8.99. The number of nitrogens with zero attached hydrogens (tertiary/aromatic N) is 3. The predicted molar refractivity (Wildman–Crippen MR) is 106 cm³/mol. The van der Waals surface area contributed by atoms with Crippen LogP contribution < -0.4 is 14.2 Å². The van der Waals surface area contributed by atoms with Crippen molar-refractivity contribution in [2.24, 2.45) is 0 Å². The number of para-hydroxylation sites is 1. The van der Waals surface area contributed by atoms with Crippen LogP contribution in [0.25, 0.3) is 11.4 Å². The second-order valence-corrected chi connectivity index (χ2v) is 6.39. The number of ether oxygens (including phenoxy) is 3. The molecule has 8 nitrogen and oxygen atoms in total. The number of benzene rings is 2. The van der Waals surface area contributed by atoms with Crippen LogP contribution in [0.1, 0.15) is 11.5 Å². The molecule has 0 aliphatic carbocycles. The number of rotatable bonds is 8. The SMILES string of the molecule is COc1ccc(-c2noc(CN(C)C(=O)COc3ccccc3C)n2)cc1OC. The van der Waals surface area contributed by atoms with Crippen molar-refractivity contribution in [3.05, 3.63) is 53.9 Å². The Morgan fingerprint density at radius 3 is 2.55 bits per heavy atom. The summed E-state index contributed by atoms with van der Waals surface area (Å²) >= 11 is 0. The number of hydrogen-bond acceptors (Lipinski definition) is 7. The lowest BCUT2D eigenvalue weighted by atomic mass is 10.2. The normalized spacial score (nSPS) is 10.5. The summed E-state index contributed by atoms with van der Waals surface area (Å²) in [5, 5.41) is 3.98. The van der Waals surface area contributed by atoms with Crippen molar-refractivity contribution in [3.63, 3.8) is 0 Å². The zero-order chi connectivity index (χ0) is 20.8. The summed E-state index contributed by atoms with van der Waals surface area (Å²) < 4.78 is 21.4. The minimum atomic E-state index is -0.195. The molecule has 0 saturated heterocycles. The molecule has 0 saturated carbocycles. The Labute approximate surface area is 169 Å². The van der Waals surface area contributed by atoms with Crippen molar-refractivity contribution >= 4 is 5.91 Å². The van der Waals surface area contributed by atoms with E-state index in [9.17, 15) is 4.79 Å². The Hall–Kier alpha value is -3.55. The van der Waals surface area contributed by atoms with E-state index >= 15 is 0 Å². The summed E-state index contributed by atoms with van der Waals surface area (Å²) in [6.07, 6.45) is 0. The molecule has 0 aliphatic heterocycles. The van der Waals surface area contributed by atoms with E-state index in [1.807, 2.05) is 31.2 Å². The fourth-order valence-electron chi connectivity index (χ4n) is 2.67. The molecule has 152 valence electrons. The van der Waals surface area contributed by atoms with Gasteiger partial charge in [0.15, 0.2) is 18.1 Å². The van der Waals surface area contributed by atoms with Crippen LogP contribution in [-0.2, 0) is 11.3 Å². The molecule has 1 heterocycles. The Kier molecular flexibility index (Phi) is 6.33. The maximum Gasteiger partial charge on any atom is 0.260 e. The van der Waals surface area contributed by atoms with E-state index in [4.69, 9.17) is 18.7 Å². The van der Waals surface area contributed by atoms with Gasteiger partial charge in [-0.2, -0.15) is 4.98 Å². The molecule has 0 bridgehead atoms. The van der Waals surface area contributed by atoms with Crippen LogP contribution in [0.4, 0.5) is 0 Å². The lowest BCUT2D eigenvalue weighted by Crippen LogP contribution is -2.31. The Balaban J connectivity index is 1.62. The van der Waals surface area contributed by atoms with Gasteiger partial charge in [-0.25, -0.2) is 0 Å². The van der Waals surface area contributed by atoms with Gasteiger partial charge in [-0.05, 0) is 36.8 Å². The second-order valence-electron chi connectivity index (χ2n) is 6.39. The number of aromatic nitrogens is 2. The molecule has 2 aromatic carbocycles. The minimum absolute atomic E-state index is 0.0714. The van der Waals surface area contributed by atoms with Gasteiger partial charge in [-0.1, -0.05) is 23.4 Å². The van der Waals surface area contributed by atoms with E-state index in [1.165, 1.54) is 4.90 Å². The summed E-state index contributed by atoms with van der Waals surface area (Å²) in [4.78, 5) is 18.2. The summed E-state index contributed by atoms with van der Waals surface area (Å²) in [7, 11) is 4.78. The first-order chi connectivity index (χ1) is 14.0. The predicted octanol–water partition coefficient (Wildman–Crippen LogP) is 3.10. The molecule has 0 unspecified atom stereocenters. The minimum Gasteiger partial charge on any atom is -0.493 e. The highest BCUT2D eigenvalue weighted by Crippen LogP contribution is 2.31. The first kappa shape index (κ1) is 20.2. The molecule has 3 rings (SSSR count). The van der Waals surface area contributed by atoms with Gasteiger partial charge >= 0.3 is 0 Å². The molecular weight excluding hydrogens is 374 g/mol. The van der Waals surface area contributed by atoms with Gasteiger partial charge in [0.05, 0.1) is 20.8 Å². The molecule has 0 fully saturated rings. The molecular formula is C21H23N3O5. The van der Waals surface area contributed by atoms with Crippen molar-refractivity contribution in [3.8, 4) is 28.6 Å². The number of methoxy groups -OCH3 is 2. The van der Waals surface area contributed by atoms with Crippen LogP contribution in [0, 0.1) is 6.92 Å². The molecule has 29 heavy (non-hydrogen) atoms. The number of amides is 1. The van der Waals surface area contributed by atoms with Crippen LogP contribution >= 0.6 is 0 Å². The lowest BCUT2D eigenvalue weighted by Gasteiger charge is -2.15. The van der Waals surface area contributed by atoms with Crippen molar-refractivity contribution in [1.29, 1.82) is 0 Å². The Morgan fingerprint density at radius 2 is 1.83 bits per heavy atom. The molecule has 1 aromatic heterocycles. The van der Waals surface area contributed by atoms with Gasteiger partial charge in [0.2, 0.25) is 11.7 Å². The number of carbonyl (C=O) groups excluding carboxylic acids is 1. The molecule has 0 aliphatic rings. The van der Waals surface area contributed by atoms with Crippen LogP contribution in [-0.4, -0.2) is 48.8 Å². The zero-order valence-electron chi connectivity index (χ0n) is 16.8. The van der Waals surface area contributed by atoms with Gasteiger partial charge in [0.1, 0.15) is 5.75 Å². The maximum absolute atomic E-state index is 12.3. The first-order valence-electron chi connectivity index (χ1n) is 8.99. The Morgan fingerprint density at radius 1 is 1.07 bits per heavy atom. The molecule has 0 atom stereocenters. The monoisotopic (exact) mass is 397 g/mol. The highest BCUT2D eigenvalue weighted by Gasteiger charge is 2.16. The maximum atomic E-state index is 12.3. The number of hydrogen-bond donors (Lipinski definition) is 0. The molecule has 8 heteroatoms. The average molecular weight is 397 g/mol. The average Bonchev–Trinajstić information content (AvgIpc) is 3.20. The molecule has 0 spiro atoms. The summed E-state index contributed by atoms with van der Waals surface area (Å²) in [5.74, 6) is 2.39. The summed E-state index contributed by atoms with van der Waals surface area (Å²) in [5.41, 5.74) is 1.69. The highest BCUT2D eigenvalue weighted by atomic mass is 16.5. The standard InChI is InChI=1S/C21H23N3O5/c1-14-7-5-6-8-16(14)28-13-20(25)24(2)12-19-22-21(23-29-19)15-9-10-17(26-3)18(11-15)27-4/h5-11H,12-13H2,1-4H3. The highest BCUT2D eigenvalue weighted by molar-refractivity contribution is 5.77. The van der Waals surface area contributed by atoms with Gasteiger partial charge in [0.25, 0.3) is 5.91 Å². The van der Waals surface area contributed by atoms with Crippen LogP contribution in [0.2, 0.25) is 0 Å². The van der Waals surface area contributed by atoms with Crippen LogP contribution in [0.3, 0.4) is 0 Å². The zero-order valence-corrected chi connectivity index (χ0v) is 16.8. The fraction of sp³-hybridized carbons (Fsp3) is 0.286. The number of likely N-dealkylation sites (N-methyl/N-ethyl adjacent to an activating group) is 1. The number of aryl methyl sites for hydroxylation is 1. The summed E-state index contributed by atoms with van der Waals surface area (Å²) in [6, 6.07) is 12.9. The van der Waals surface area contributed by atoms with Gasteiger partial charge < -0.3 is 23.6 Å². The molecule has 0 N–H and O–H groups in total. The van der Waals surface area contributed by atoms with E-state index in [2.05, 4.69) is 10.1 Å². The van der Waals surface area contributed by atoms with Crippen molar-refractivity contribution in [2.75, 3.05) is 27.9 Å². The molecule has 3 aromatic rings.